The first-order valence-electron chi connectivity index (χ1n) is 3.61. The largest absolute Gasteiger partial charge is 0.377 e. The van der Waals surface area contributed by atoms with E-state index in [1.165, 1.54) is 0 Å². The number of allylic oxidation sites excluding steroid dienone is 3. The molecule has 0 spiro atoms. The van der Waals surface area contributed by atoms with Crippen molar-refractivity contribution in [3.05, 3.63) is 28.4 Å². The van der Waals surface area contributed by atoms with Crippen LogP contribution in [0.1, 0.15) is 6.42 Å². The summed E-state index contributed by atoms with van der Waals surface area (Å²) >= 11 is 5.91. The average molecular weight is 184 g/mol. The van der Waals surface area contributed by atoms with Crippen LogP contribution in [0, 0.1) is 0 Å². The molecule has 0 amide bonds. The SMILES string of the molecule is CN(C)C1=CCC(=[N+]=[N-])C=C1Cl. The maximum absolute atomic E-state index is 8.48. The molecule has 12 heavy (non-hydrogen) atoms. The average Bonchev–Trinajstić information content (AvgIpc) is 2.03. The number of rotatable bonds is 1. The van der Waals surface area contributed by atoms with Crippen molar-refractivity contribution in [3.63, 3.8) is 0 Å². The number of nitrogens with zero attached hydrogens (tertiary/aromatic N) is 3. The summed E-state index contributed by atoms with van der Waals surface area (Å²) in [5.41, 5.74) is 10.0. The lowest BCUT2D eigenvalue weighted by Gasteiger charge is -2.17. The van der Waals surface area contributed by atoms with E-state index in [2.05, 4.69) is 4.79 Å². The fraction of sp³-hybridized carbons (Fsp3) is 0.375. The summed E-state index contributed by atoms with van der Waals surface area (Å²) in [5.74, 6) is 0. The first-order valence-corrected chi connectivity index (χ1v) is 3.99. The van der Waals surface area contributed by atoms with Crippen molar-refractivity contribution in [2.45, 2.75) is 6.42 Å². The normalized spacial score (nSPS) is 16.4. The standard InChI is InChI=1S/C8H10ClN3/c1-12(2)8-4-3-6(11-10)5-7(8)9/h4-5H,3H2,1-2H3. The van der Waals surface area contributed by atoms with E-state index in [1.807, 2.05) is 25.1 Å². The Kier molecular flexibility index (Phi) is 2.69. The molecule has 0 aromatic heterocycles. The molecule has 0 radical (unpaired) electrons. The fourth-order valence-electron chi connectivity index (χ4n) is 1.04. The summed E-state index contributed by atoms with van der Waals surface area (Å²) < 4.78 is 0. The molecule has 64 valence electrons. The Labute approximate surface area is 76.6 Å². The molecule has 0 aromatic rings. The highest BCUT2D eigenvalue weighted by Crippen LogP contribution is 2.21. The van der Waals surface area contributed by atoms with Gasteiger partial charge in [-0.3, -0.25) is 0 Å². The molecule has 0 aliphatic heterocycles. The van der Waals surface area contributed by atoms with E-state index in [0.29, 0.717) is 17.2 Å². The molecule has 0 unspecified atom stereocenters. The third-order valence-corrected chi connectivity index (χ3v) is 1.96. The maximum atomic E-state index is 8.48. The number of hydrogen-bond acceptors (Lipinski definition) is 1. The number of halogens is 1. The molecule has 4 heteroatoms. The molecule has 0 heterocycles. The molecule has 0 atom stereocenters. The highest BCUT2D eigenvalue weighted by Gasteiger charge is 2.15. The second kappa shape index (κ2) is 3.57. The number of hydrogen-bond donors (Lipinski definition) is 0. The van der Waals surface area contributed by atoms with E-state index in [4.69, 9.17) is 17.1 Å². The third kappa shape index (κ3) is 1.76. The van der Waals surface area contributed by atoms with Crippen LogP contribution in [0.25, 0.3) is 5.53 Å². The van der Waals surface area contributed by atoms with Gasteiger partial charge in [-0.25, -0.2) is 0 Å². The van der Waals surface area contributed by atoms with Crippen LogP contribution in [0.4, 0.5) is 0 Å². The van der Waals surface area contributed by atoms with E-state index in [9.17, 15) is 0 Å². The van der Waals surface area contributed by atoms with Gasteiger partial charge in [-0.2, -0.15) is 4.79 Å². The van der Waals surface area contributed by atoms with Gasteiger partial charge < -0.3 is 10.4 Å². The quantitative estimate of drug-likeness (QED) is 0.450. The second-order valence-electron chi connectivity index (χ2n) is 2.77. The molecular weight excluding hydrogens is 174 g/mol. The zero-order valence-corrected chi connectivity index (χ0v) is 7.84. The Morgan fingerprint density at radius 2 is 2.25 bits per heavy atom. The van der Waals surface area contributed by atoms with Crippen LogP contribution in [-0.2, 0) is 0 Å². The molecule has 3 nitrogen and oxygen atoms in total. The second-order valence-corrected chi connectivity index (χ2v) is 3.18. The van der Waals surface area contributed by atoms with E-state index in [1.54, 1.807) is 6.08 Å². The van der Waals surface area contributed by atoms with Gasteiger partial charge in [0.25, 0.3) is 5.71 Å². The Morgan fingerprint density at radius 1 is 1.58 bits per heavy atom. The fourth-order valence-corrected chi connectivity index (χ4v) is 1.42. The molecule has 1 rings (SSSR count). The molecule has 0 aromatic carbocycles. The predicted octanol–water partition coefficient (Wildman–Crippen LogP) is 1.63. The molecule has 1 aliphatic rings. The minimum Gasteiger partial charge on any atom is -0.377 e. The zero-order valence-electron chi connectivity index (χ0n) is 7.08. The monoisotopic (exact) mass is 183 g/mol. The smallest absolute Gasteiger partial charge is 0.297 e. The van der Waals surface area contributed by atoms with Crippen molar-refractivity contribution in [3.8, 4) is 0 Å². The van der Waals surface area contributed by atoms with Gasteiger partial charge in [-0.05, 0) is 6.08 Å². The van der Waals surface area contributed by atoms with Crippen molar-refractivity contribution in [2.24, 2.45) is 0 Å². The zero-order chi connectivity index (χ0) is 9.14. The van der Waals surface area contributed by atoms with Crippen LogP contribution in [0.15, 0.2) is 22.9 Å². The van der Waals surface area contributed by atoms with Crippen LogP contribution in [-0.4, -0.2) is 29.5 Å². The number of likely N-dealkylation sites (N-methyl/N-ethyl adjacent to an activating group) is 1. The van der Waals surface area contributed by atoms with Gasteiger partial charge in [0.05, 0.1) is 17.2 Å². The van der Waals surface area contributed by atoms with Crippen molar-refractivity contribution >= 4 is 17.3 Å². The summed E-state index contributed by atoms with van der Waals surface area (Å²) in [5, 5.41) is 0.610. The lowest BCUT2D eigenvalue weighted by molar-refractivity contribution is -0.00547. The summed E-state index contributed by atoms with van der Waals surface area (Å²) in [7, 11) is 3.84. The van der Waals surface area contributed by atoms with E-state index in [0.717, 1.165) is 5.70 Å². The predicted molar refractivity (Wildman–Crippen MR) is 48.9 cm³/mol. The van der Waals surface area contributed by atoms with Gasteiger partial charge in [-0.1, -0.05) is 11.6 Å². The highest BCUT2D eigenvalue weighted by molar-refractivity contribution is 6.33. The van der Waals surface area contributed by atoms with Crippen molar-refractivity contribution < 1.29 is 4.79 Å². The Bertz CT molecular complexity index is 295. The molecule has 1 aliphatic carbocycles. The van der Waals surface area contributed by atoms with Crippen molar-refractivity contribution in [2.75, 3.05) is 14.1 Å². The minimum atomic E-state index is 0.589. The van der Waals surface area contributed by atoms with E-state index < -0.39 is 0 Å². The van der Waals surface area contributed by atoms with Gasteiger partial charge in [0.2, 0.25) is 0 Å². The maximum Gasteiger partial charge on any atom is 0.297 e. The Hall–Kier alpha value is -1.05. The van der Waals surface area contributed by atoms with Crippen LogP contribution in [0.5, 0.6) is 0 Å². The molecule has 0 saturated carbocycles. The van der Waals surface area contributed by atoms with Crippen LogP contribution in [0.3, 0.4) is 0 Å². The van der Waals surface area contributed by atoms with E-state index >= 15 is 0 Å². The summed E-state index contributed by atoms with van der Waals surface area (Å²) in [4.78, 5) is 5.01. The minimum absolute atomic E-state index is 0.589. The van der Waals surface area contributed by atoms with Crippen molar-refractivity contribution in [1.82, 2.24) is 4.90 Å². The first-order chi connectivity index (χ1) is 5.65. The third-order valence-electron chi connectivity index (χ3n) is 1.65. The van der Waals surface area contributed by atoms with Gasteiger partial charge in [0.1, 0.15) is 0 Å². The van der Waals surface area contributed by atoms with Gasteiger partial charge in [0, 0.05) is 20.2 Å². The highest BCUT2D eigenvalue weighted by atomic mass is 35.5. The Balaban J connectivity index is 2.94. The van der Waals surface area contributed by atoms with Crippen LogP contribution < -0.4 is 0 Å². The molecule has 0 saturated heterocycles. The summed E-state index contributed by atoms with van der Waals surface area (Å²) in [6, 6.07) is 0. The van der Waals surface area contributed by atoms with Crippen LogP contribution >= 0.6 is 11.6 Å². The van der Waals surface area contributed by atoms with Crippen molar-refractivity contribution in [1.29, 1.82) is 0 Å². The lowest BCUT2D eigenvalue weighted by atomic mass is 10.1. The molecule has 0 fully saturated rings. The topological polar surface area (TPSA) is 39.6 Å². The van der Waals surface area contributed by atoms with Crippen LogP contribution in [0.2, 0.25) is 0 Å². The first kappa shape index (κ1) is 9.04. The summed E-state index contributed by atoms with van der Waals surface area (Å²) in [6.07, 6.45) is 4.22. The lowest BCUT2D eigenvalue weighted by Crippen LogP contribution is -2.15. The summed E-state index contributed by atoms with van der Waals surface area (Å²) in [6.45, 7) is 0. The van der Waals surface area contributed by atoms with Gasteiger partial charge in [-0.15, -0.1) is 0 Å². The molecule has 0 bridgehead atoms. The van der Waals surface area contributed by atoms with Gasteiger partial charge in [0.15, 0.2) is 0 Å². The van der Waals surface area contributed by atoms with Gasteiger partial charge >= 0.3 is 0 Å². The molecule has 0 N–H and O–H groups in total. The Morgan fingerprint density at radius 3 is 2.67 bits per heavy atom. The van der Waals surface area contributed by atoms with E-state index in [-0.39, 0.29) is 0 Å². The molecular formula is C8H10ClN3.